The highest BCUT2D eigenvalue weighted by atomic mass is 16.5. The van der Waals surface area contributed by atoms with E-state index in [1.54, 1.807) is 0 Å². The number of rotatable bonds is 1. The van der Waals surface area contributed by atoms with Crippen molar-refractivity contribution < 1.29 is 19.7 Å². The maximum absolute atomic E-state index is 11.9. The molecule has 4 nitrogen and oxygen atoms in total. The van der Waals surface area contributed by atoms with E-state index in [-0.39, 0.29) is 34.6 Å². The van der Waals surface area contributed by atoms with Crippen molar-refractivity contribution in [3.05, 3.63) is 0 Å². The van der Waals surface area contributed by atoms with Gasteiger partial charge in [-0.3, -0.25) is 0 Å². The number of ether oxygens (including phenoxy) is 1. The average molecular weight is 431 g/mol. The van der Waals surface area contributed by atoms with Crippen molar-refractivity contribution in [3.63, 3.8) is 0 Å². The Labute approximate surface area is 187 Å². The van der Waals surface area contributed by atoms with Crippen LogP contribution in [0.4, 0.5) is 0 Å². The molecule has 6 aliphatic rings. The Balaban J connectivity index is 1.41. The average Bonchev–Trinajstić information content (AvgIpc) is 3.36. The van der Waals surface area contributed by atoms with Crippen LogP contribution in [0.25, 0.3) is 0 Å². The summed E-state index contributed by atoms with van der Waals surface area (Å²) in [6.07, 6.45) is 8.65. The van der Waals surface area contributed by atoms with Crippen LogP contribution in [0.2, 0.25) is 0 Å². The number of hydrogen-bond acceptors (Lipinski definition) is 4. The lowest BCUT2D eigenvalue weighted by atomic mass is 9.41. The van der Waals surface area contributed by atoms with E-state index in [1.165, 1.54) is 19.3 Å². The second-order valence-electron chi connectivity index (χ2n) is 13.7. The largest absolute Gasteiger partial charge is 0.393 e. The van der Waals surface area contributed by atoms with Crippen molar-refractivity contribution in [2.45, 2.75) is 110 Å². The Kier molecular flexibility index (Phi) is 4.06. The Morgan fingerprint density at radius 2 is 1.61 bits per heavy atom. The van der Waals surface area contributed by atoms with E-state index in [9.17, 15) is 15.0 Å². The van der Waals surface area contributed by atoms with Crippen molar-refractivity contribution in [2.75, 3.05) is 0 Å². The minimum Gasteiger partial charge on any atom is -0.393 e. The van der Waals surface area contributed by atoms with Crippen LogP contribution in [0.1, 0.15) is 86.0 Å². The molecule has 6 rings (SSSR count). The van der Waals surface area contributed by atoms with Crippen molar-refractivity contribution >= 4 is 6.29 Å². The normalized spacial score (nSPS) is 63.7. The second-order valence-corrected chi connectivity index (χ2v) is 13.7. The third-order valence-electron chi connectivity index (χ3n) is 13.0. The first-order valence-electron chi connectivity index (χ1n) is 13.0. The smallest absolute Gasteiger partial charge is 0.148 e. The molecule has 0 radical (unpaired) electrons. The van der Waals surface area contributed by atoms with E-state index in [2.05, 4.69) is 34.6 Å². The molecule has 1 heterocycles. The van der Waals surface area contributed by atoms with Gasteiger partial charge in [0.25, 0.3) is 0 Å². The molecule has 3 unspecified atom stereocenters. The lowest BCUT2D eigenvalue weighted by Crippen LogP contribution is -2.59. The van der Waals surface area contributed by atoms with Crippen LogP contribution in [0.5, 0.6) is 0 Å². The highest BCUT2D eigenvalue weighted by Gasteiger charge is 2.84. The molecule has 5 saturated carbocycles. The lowest BCUT2D eigenvalue weighted by Gasteiger charge is -2.63. The van der Waals surface area contributed by atoms with Gasteiger partial charge in [0.15, 0.2) is 0 Å². The lowest BCUT2D eigenvalue weighted by molar-refractivity contribution is -0.182. The van der Waals surface area contributed by atoms with Crippen LogP contribution in [-0.2, 0) is 9.53 Å². The summed E-state index contributed by atoms with van der Waals surface area (Å²) in [5, 5.41) is 22.7. The molecule has 0 aromatic carbocycles. The summed E-state index contributed by atoms with van der Waals surface area (Å²) in [7, 11) is 0. The molecule has 1 saturated heterocycles. The zero-order valence-corrected chi connectivity index (χ0v) is 20.1. The molecule has 2 spiro atoms. The maximum atomic E-state index is 11.9. The fraction of sp³-hybridized carbons (Fsp3) is 0.963. The van der Waals surface area contributed by atoms with Gasteiger partial charge >= 0.3 is 0 Å². The summed E-state index contributed by atoms with van der Waals surface area (Å²) in [6, 6.07) is 0. The standard InChI is InChI=1S/C27H42O4/c1-15-12-16(13-28)31-21-20(15)24(4)10-11-27-14-26(27)9-8-19(29)23(2,3)17(26)6-7-18(27)25(24,5)22(21)30/h13,15-22,29-30H,6-12,14H2,1-5H3/t15-,16-,17?,18?,19+,20?,21+,22+,24-,25-,26-,27+/m1/s1. The summed E-state index contributed by atoms with van der Waals surface area (Å²) < 4.78 is 6.29. The van der Waals surface area contributed by atoms with E-state index in [4.69, 9.17) is 4.74 Å². The molecule has 6 fully saturated rings. The van der Waals surface area contributed by atoms with Crippen LogP contribution in [-0.4, -0.2) is 40.9 Å². The Hall–Kier alpha value is -0.450. The van der Waals surface area contributed by atoms with E-state index in [0.717, 1.165) is 38.4 Å². The van der Waals surface area contributed by atoms with Gasteiger partial charge in [0.1, 0.15) is 12.4 Å². The second kappa shape index (κ2) is 5.96. The molecule has 2 N–H and O–H groups in total. The molecule has 174 valence electrons. The van der Waals surface area contributed by atoms with Gasteiger partial charge in [0, 0.05) is 5.41 Å². The van der Waals surface area contributed by atoms with Gasteiger partial charge in [0.05, 0.1) is 18.3 Å². The monoisotopic (exact) mass is 430 g/mol. The fourth-order valence-electron chi connectivity index (χ4n) is 11.4. The Morgan fingerprint density at radius 3 is 2.32 bits per heavy atom. The van der Waals surface area contributed by atoms with E-state index in [1.807, 2.05) is 0 Å². The van der Waals surface area contributed by atoms with E-state index in [0.29, 0.717) is 34.5 Å². The van der Waals surface area contributed by atoms with Crippen molar-refractivity contribution in [1.29, 1.82) is 0 Å². The molecule has 1 aliphatic heterocycles. The Bertz CT molecular complexity index is 809. The van der Waals surface area contributed by atoms with Crippen molar-refractivity contribution in [2.24, 2.45) is 50.7 Å². The summed E-state index contributed by atoms with van der Waals surface area (Å²) in [5.74, 6) is 1.85. The Morgan fingerprint density at radius 1 is 0.935 bits per heavy atom. The van der Waals surface area contributed by atoms with Gasteiger partial charge in [-0.15, -0.1) is 0 Å². The summed E-state index contributed by atoms with van der Waals surface area (Å²) in [4.78, 5) is 11.6. The van der Waals surface area contributed by atoms with Crippen LogP contribution in [0.15, 0.2) is 0 Å². The van der Waals surface area contributed by atoms with Crippen LogP contribution in [0.3, 0.4) is 0 Å². The van der Waals surface area contributed by atoms with Gasteiger partial charge in [0.2, 0.25) is 0 Å². The minimum atomic E-state index is -0.494. The van der Waals surface area contributed by atoms with Crippen molar-refractivity contribution in [1.82, 2.24) is 0 Å². The summed E-state index contributed by atoms with van der Waals surface area (Å²) >= 11 is 0. The molecule has 12 atom stereocenters. The number of aliphatic hydroxyl groups is 2. The highest BCUT2D eigenvalue weighted by Crippen LogP contribution is 2.89. The number of aldehydes is 1. The van der Waals surface area contributed by atoms with Crippen LogP contribution >= 0.6 is 0 Å². The summed E-state index contributed by atoms with van der Waals surface area (Å²) in [6.45, 7) is 11.7. The van der Waals surface area contributed by atoms with Crippen molar-refractivity contribution in [3.8, 4) is 0 Å². The van der Waals surface area contributed by atoms with Gasteiger partial charge < -0.3 is 19.7 Å². The number of aliphatic hydroxyl groups excluding tert-OH is 2. The fourth-order valence-corrected chi connectivity index (χ4v) is 11.4. The van der Waals surface area contributed by atoms with E-state index < -0.39 is 6.10 Å². The first kappa shape index (κ1) is 21.1. The SMILES string of the molecule is C[C@@H]1C[C@H](C=O)O[C@H]2C1[C@@]1(C)CC[C@@]34C[C@@]35CC[C@H](O)C(C)(C)C5CCC4[C@]1(C)[C@H]2O. The molecule has 0 aromatic heterocycles. The number of hydrogen-bond donors (Lipinski definition) is 2. The topological polar surface area (TPSA) is 66.8 Å². The highest BCUT2D eigenvalue weighted by molar-refractivity contribution is 5.56. The molecule has 0 amide bonds. The van der Waals surface area contributed by atoms with Crippen LogP contribution in [0, 0.1) is 50.7 Å². The van der Waals surface area contributed by atoms with Gasteiger partial charge in [-0.25, -0.2) is 0 Å². The zero-order chi connectivity index (χ0) is 22.2. The predicted octanol–water partition coefficient (Wildman–Crippen LogP) is 4.36. The third-order valence-corrected chi connectivity index (χ3v) is 13.0. The number of carbonyl (C=O) groups is 1. The zero-order valence-electron chi connectivity index (χ0n) is 20.1. The molecular weight excluding hydrogens is 388 g/mol. The van der Waals surface area contributed by atoms with Gasteiger partial charge in [-0.05, 0) is 96.7 Å². The number of fused-ring (bicyclic) bond motifs is 4. The number of carbonyl (C=O) groups excluding carboxylic acids is 1. The molecule has 4 heteroatoms. The van der Waals surface area contributed by atoms with E-state index >= 15 is 0 Å². The minimum absolute atomic E-state index is 0.00847. The molecule has 31 heavy (non-hydrogen) atoms. The third kappa shape index (κ3) is 2.09. The molecule has 5 aliphatic carbocycles. The summed E-state index contributed by atoms with van der Waals surface area (Å²) in [5.41, 5.74) is 0.588. The predicted molar refractivity (Wildman–Crippen MR) is 118 cm³/mol. The maximum Gasteiger partial charge on any atom is 0.148 e. The molecule has 0 bridgehead atoms. The molecule has 0 aromatic rings. The first-order chi connectivity index (χ1) is 14.5. The van der Waals surface area contributed by atoms with Crippen LogP contribution < -0.4 is 0 Å². The molecular formula is C27H42O4. The first-order valence-corrected chi connectivity index (χ1v) is 13.0. The quantitative estimate of drug-likeness (QED) is 0.607. The van der Waals surface area contributed by atoms with Gasteiger partial charge in [-0.1, -0.05) is 34.6 Å². The van der Waals surface area contributed by atoms with Gasteiger partial charge in [-0.2, -0.15) is 0 Å².